The van der Waals surface area contributed by atoms with E-state index in [1.165, 1.54) is 0 Å². The predicted molar refractivity (Wildman–Crippen MR) is 55.3 cm³/mol. The van der Waals surface area contributed by atoms with E-state index in [1.807, 2.05) is 11.4 Å². The summed E-state index contributed by atoms with van der Waals surface area (Å²) in [5.74, 6) is -0.895. The van der Waals surface area contributed by atoms with E-state index < -0.39 is 29.4 Å². The first-order valence-corrected chi connectivity index (χ1v) is 4.74. The van der Waals surface area contributed by atoms with Crippen molar-refractivity contribution in [2.24, 2.45) is 0 Å². The molecule has 0 saturated carbocycles. The molecule has 0 aliphatic rings. The lowest BCUT2D eigenvalue weighted by atomic mass is 10.2. The highest BCUT2D eigenvalue weighted by Crippen LogP contribution is 2.24. The number of alkyl halides is 3. The van der Waals surface area contributed by atoms with Crippen LogP contribution in [0.3, 0.4) is 0 Å². The highest BCUT2D eigenvalue weighted by molar-refractivity contribution is 5.93. The van der Waals surface area contributed by atoms with Crippen LogP contribution in [0.1, 0.15) is 10.4 Å². The van der Waals surface area contributed by atoms with E-state index in [0.29, 0.717) is 6.07 Å². The van der Waals surface area contributed by atoms with Crippen molar-refractivity contribution in [3.8, 4) is 18.1 Å². The standard InChI is InChI=1S/C11H7F4NO3/c1-2-5-18-16-10(17)8-4-3-7(6-9(8)12)19-11(13,14)15/h1,3-4,6H,5H2,(H,16,17). The molecule has 1 aromatic carbocycles. The number of hydroxylamine groups is 1. The summed E-state index contributed by atoms with van der Waals surface area (Å²) in [6.45, 7) is -0.234. The van der Waals surface area contributed by atoms with Gasteiger partial charge in [0, 0.05) is 6.07 Å². The molecule has 0 aliphatic carbocycles. The van der Waals surface area contributed by atoms with Crippen molar-refractivity contribution in [1.29, 1.82) is 0 Å². The molecule has 1 N–H and O–H groups in total. The van der Waals surface area contributed by atoms with Crippen LogP contribution in [0.2, 0.25) is 0 Å². The second kappa shape index (κ2) is 6.06. The molecule has 4 nitrogen and oxygen atoms in total. The van der Waals surface area contributed by atoms with Gasteiger partial charge in [0.2, 0.25) is 0 Å². The molecule has 102 valence electrons. The van der Waals surface area contributed by atoms with Crippen LogP contribution in [-0.2, 0) is 4.84 Å². The third-order valence-electron chi connectivity index (χ3n) is 1.74. The van der Waals surface area contributed by atoms with Crippen molar-refractivity contribution in [2.45, 2.75) is 6.36 Å². The maximum atomic E-state index is 13.4. The normalized spacial score (nSPS) is 10.7. The van der Waals surface area contributed by atoms with Crippen LogP contribution >= 0.6 is 0 Å². The zero-order chi connectivity index (χ0) is 14.5. The summed E-state index contributed by atoms with van der Waals surface area (Å²) in [4.78, 5) is 15.8. The number of rotatable bonds is 4. The first-order chi connectivity index (χ1) is 8.83. The molecular weight excluding hydrogens is 270 g/mol. The number of terminal acetylenes is 1. The van der Waals surface area contributed by atoms with Gasteiger partial charge in [0.05, 0.1) is 5.56 Å². The van der Waals surface area contributed by atoms with Gasteiger partial charge in [-0.1, -0.05) is 5.92 Å². The molecule has 0 heterocycles. The van der Waals surface area contributed by atoms with Gasteiger partial charge in [0.15, 0.2) is 0 Å². The van der Waals surface area contributed by atoms with Crippen molar-refractivity contribution in [3.05, 3.63) is 29.6 Å². The second-order valence-corrected chi connectivity index (χ2v) is 3.11. The molecule has 0 aromatic heterocycles. The van der Waals surface area contributed by atoms with Gasteiger partial charge >= 0.3 is 6.36 Å². The summed E-state index contributed by atoms with van der Waals surface area (Å²) in [5.41, 5.74) is 1.32. The minimum Gasteiger partial charge on any atom is -0.406 e. The number of halogens is 4. The highest BCUT2D eigenvalue weighted by Gasteiger charge is 2.31. The Morgan fingerprint density at radius 1 is 1.42 bits per heavy atom. The maximum absolute atomic E-state index is 13.4. The predicted octanol–water partition coefficient (Wildman–Crippen LogP) is 2.02. The Labute approximate surface area is 105 Å². The maximum Gasteiger partial charge on any atom is 0.573 e. The SMILES string of the molecule is C#CCONC(=O)c1ccc(OC(F)(F)F)cc1F. The van der Waals surface area contributed by atoms with E-state index >= 15 is 0 Å². The van der Waals surface area contributed by atoms with E-state index in [-0.39, 0.29) is 6.61 Å². The van der Waals surface area contributed by atoms with Gasteiger partial charge in [-0.3, -0.25) is 9.63 Å². The molecule has 1 aromatic rings. The zero-order valence-corrected chi connectivity index (χ0v) is 9.25. The van der Waals surface area contributed by atoms with Crippen LogP contribution in [0, 0.1) is 18.2 Å². The Bertz CT molecular complexity index is 508. The summed E-state index contributed by atoms with van der Waals surface area (Å²) >= 11 is 0. The minimum atomic E-state index is -4.94. The Morgan fingerprint density at radius 3 is 2.63 bits per heavy atom. The first kappa shape index (κ1) is 14.8. The average molecular weight is 277 g/mol. The smallest absolute Gasteiger partial charge is 0.406 e. The number of benzene rings is 1. The molecule has 0 saturated heterocycles. The lowest BCUT2D eigenvalue weighted by Gasteiger charge is -2.10. The number of amides is 1. The average Bonchev–Trinajstić information content (AvgIpc) is 2.27. The first-order valence-electron chi connectivity index (χ1n) is 4.74. The van der Waals surface area contributed by atoms with Crippen molar-refractivity contribution < 1.29 is 31.9 Å². The Kier molecular flexibility index (Phi) is 4.72. The highest BCUT2D eigenvalue weighted by atomic mass is 19.4. The fourth-order valence-corrected chi connectivity index (χ4v) is 1.08. The zero-order valence-electron chi connectivity index (χ0n) is 9.25. The molecule has 0 aliphatic heterocycles. The number of carbonyl (C=O) groups is 1. The van der Waals surface area contributed by atoms with Gasteiger partial charge in [-0.15, -0.1) is 19.6 Å². The fourth-order valence-electron chi connectivity index (χ4n) is 1.08. The minimum absolute atomic E-state index is 0.234. The van der Waals surface area contributed by atoms with Crippen LogP contribution in [-0.4, -0.2) is 18.9 Å². The van der Waals surface area contributed by atoms with E-state index in [2.05, 4.69) is 9.57 Å². The van der Waals surface area contributed by atoms with Gasteiger partial charge in [0.1, 0.15) is 18.2 Å². The Hall–Kier alpha value is -2.27. The van der Waals surface area contributed by atoms with E-state index in [1.54, 1.807) is 0 Å². The lowest BCUT2D eigenvalue weighted by Crippen LogP contribution is -2.25. The summed E-state index contributed by atoms with van der Waals surface area (Å²) in [5, 5.41) is 0. The van der Waals surface area contributed by atoms with Gasteiger partial charge in [0.25, 0.3) is 5.91 Å². The summed E-state index contributed by atoms with van der Waals surface area (Å²) in [7, 11) is 0. The molecule has 8 heteroatoms. The molecule has 0 fully saturated rings. The van der Waals surface area contributed by atoms with E-state index in [0.717, 1.165) is 12.1 Å². The summed E-state index contributed by atoms with van der Waals surface area (Å²) < 4.78 is 52.5. The largest absolute Gasteiger partial charge is 0.573 e. The van der Waals surface area contributed by atoms with Crippen LogP contribution < -0.4 is 10.2 Å². The van der Waals surface area contributed by atoms with Gasteiger partial charge < -0.3 is 4.74 Å². The van der Waals surface area contributed by atoms with E-state index in [9.17, 15) is 22.4 Å². The number of ether oxygens (including phenoxy) is 1. The van der Waals surface area contributed by atoms with Crippen molar-refractivity contribution >= 4 is 5.91 Å². The Morgan fingerprint density at radius 2 is 2.11 bits per heavy atom. The third kappa shape index (κ3) is 4.85. The lowest BCUT2D eigenvalue weighted by molar-refractivity contribution is -0.274. The van der Waals surface area contributed by atoms with Crippen molar-refractivity contribution in [1.82, 2.24) is 5.48 Å². The van der Waals surface area contributed by atoms with Crippen molar-refractivity contribution in [3.63, 3.8) is 0 Å². The summed E-state index contributed by atoms with van der Waals surface area (Å²) in [6.07, 6.45) is -0.0999. The molecule has 0 unspecified atom stereocenters. The monoisotopic (exact) mass is 277 g/mol. The van der Waals surface area contributed by atoms with Gasteiger partial charge in [-0.2, -0.15) is 0 Å². The quantitative estimate of drug-likeness (QED) is 0.396. The van der Waals surface area contributed by atoms with E-state index in [4.69, 9.17) is 6.42 Å². The molecule has 0 atom stereocenters. The second-order valence-electron chi connectivity index (χ2n) is 3.11. The molecule has 19 heavy (non-hydrogen) atoms. The van der Waals surface area contributed by atoms with Gasteiger partial charge in [-0.25, -0.2) is 9.87 Å². The van der Waals surface area contributed by atoms with Crippen LogP contribution in [0.5, 0.6) is 5.75 Å². The van der Waals surface area contributed by atoms with Crippen LogP contribution in [0.15, 0.2) is 18.2 Å². The third-order valence-corrected chi connectivity index (χ3v) is 1.74. The Balaban J connectivity index is 2.77. The number of hydrogen-bond acceptors (Lipinski definition) is 3. The number of nitrogens with one attached hydrogen (secondary N) is 1. The van der Waals surface area contributed by atoms with Gasteiger partial charge in [-0.05, 0) is 12.1 Å². The summed E-state index contributed by atoms with van der Waals surface area (Å²) in [6, 6.07) is 2.06. The van der Waals surface area contributed by atoms with Crippen LogP contribution in [0.25, 0.3) is 0 Å². The number of hydrogen-bond donors (Lipinski definition) is 1. The molecular formula is C11H7F4NO3. The number of carbonyl (C=O) groups excluding carboxylic acids is 1. The fraction of sp³-hybridized carbons (Fsp3) is 0.182. The molecule has 1 rings (SSSR count). The topological polar surface area (TPSA) is 47.6 Å². The molecule has 0 spiro atoms. The van der Waals surface area contributed by atoms with Crippen LogP contribution in [0.4, 0.5) is 17.6 Å². The molecule has 0 radical (unpaired) electrons. The molecule has 0 bridgehead atoms. The van der Waals surface area contributed by atoms with Crippen molar-refractivity contribution in [2.75, 3.05) is 6.61 Å². The molecule has 1 amide bonds.